The summed E-state index contributed by atoms with van der Waals surface area (Å²) < 4.78 is 11.1. The second-order valence-electron chi connectivity index (χ2n) is 6.84. The predicted molar refractivity (Wildman–Crippen MR) is 92.0 cm³/mol. The van der Waals surface area contributed by atoms with Crippen molar-refractivity contribution in [3.63, 3.8) is 0 Å². The number of rotatable bonds is 3. The summed E-state index contributed by atoms with van der Waals surface area (Å²) >= 11 is 0. The van der Waals surface area contributed by atoms with Gasteiger partial charge < -0.3 is 19.7 Å². The van der Waals surface area contributed by atoms with Crippen LogP contribution < -0.4 is 0 Å². The van der Waals surface area contributed by atoms with Crippen LogP contribution in [0.4, 0.5) is 4.79 Å². The molecule has 0 amide bonds. The average Bonchev–Trinajstić information content (AvgIpc) is 2.97. The molecule has 1 aromatic carbocycles. The number of hydrogen-bond donors (Lipinski definition) is 2. The second-order valence-corrected chi connectivity index (χ2v) is 6.84. The minimum absolute atomic E-state index is 0.132. The summed E-state index contributed by atoms with van der Waals surface area (Å²) in [5, 5.41) is 13.9. The number of benzene rings is 1. The molecule has 1 aromatic rings. The highest BCUT2D eigenvalue weighted by Crippen LogP contribution is 2.33. The number of carbonyl (C=O) groups excluding carboxylic acids is 1. The van der Waals surface area contributed by atoms with Crippen molar-refractivity contribution >= 4 is 11.9 Å². The Morgan fingerprint density at radius 2 is 1.60 bits per heavy atom. The van der Waals surface area contributed by atoms with Gasteiger partial charge in [-0.1, -0.05) is 17.7 Å². The molecule has 6 heteroatoms. The molecule has 2 aliphatic rings. The molecule has 25 heavy (non-hydrogen) atoms. The highest BCUT2D eigenvalue weighted by molar-refractivity contribution is 5.84. The van der Waals surface area contributed by atoms with E-state index < -0.39 is 6.16 Å². The van der Waals surface area contributed by atoms with Crippen LogP contribution in [0.25, 0.3) is 0 Å². The zero-order valence-electron chi connectivity index (χ0n) is 14.9. The summed E-state index contributed by atoms with van der Waals surface area (Å²) in [7, 11) is 0. The number of ether oxygens (including phenoxy) is 2. The van der Waals surface area contributed by atoms with Gasteiger partial charge in [0.1, 0.15) is 12.6 Å². The van der Waals surface area contributed by atoms with Crippen molar-refractivity contribution in [2.45, 2.75) is 58.7 Å². The highest BCUT2D eigenvalue weighted by atomic mass is 16.7. The minimum Gasteiger partial charge on any atom is -0.450 e. The van der Waals surface area contributed by atoms with Crippen LogP contribution >= 0.6 is 0 Å². The number of ketones is 1. The van der Waals surface area contributed by atoms with E-state index in [0.717, 1.165) is 19.3 Å². The van der Waals surface area contributed by atoms with E-state index in [1.54, 1.807) is 0 Å². The van der Waals surface area contributed by atoms with Crippen LogP contribution in [0.3, 0.4) is 0 Å². The summed E-state index contributed by atoms with van der Waals surface area (Å²) in [6.45, 7) is 6.71. The van der Waals surface area contributed by atoms with Crippen LogP contribution in [-0.4, -0.2) is 41.2 Å². The molecule has 2 fully saturated rings. The summed E-state index contributed by atoms with van der Waals surface area (Å²) in [5.74, 6) is 0.493. The molecule has 0 radical (unpaired) electrons. The molecule has 1 aliphatic heterocycles. The first kappa shape index (κ1) is 19.4. The second kappa shape index (κ2) is 8.45. The van der Waals surface area contributed by atoms with E-state index in [4.69, 9.17) is 24.5 Å². The van der Waals surface area contributed by atoms with Crippen LogP contribution in [0, 0.1) is 26.7 Å². The van der Waals surface area contributed by atoms with E-state index in [1.807, 2.05) is 0 Å². The van der Waals surface area contributed by atoms with Gasteiger partial charge in [-0.05, 0) is 56.7 Å². The topological polar surface area (TPSA) is 93.1 Å². The molecule has 138 valence electrons. The number of carboxylic acid groups (broad SMARTS) is 2. The van der Waals surface area contributed by atoms with Gasteiger partial charge in [0, 0.05) is 12.3 Å². The maximum Gasteiger partial charge on any atom is 0.503 e. The molecule has 1 heterocycles. The average molecular weight is 350 g/mol. The van der Waals surface area contributed by atoms with Gasteiger partial charge in [-0.2, -0.15) is 0 Å². The first-order chi connectivity index (χ1) is 11.8. The van der Waals surface area contributed by atoms with Crippen molar-refractivity contribution in [1.82, 2.24) is 0 Å². The molecule has 0 aromatic heterocycles. The Labute approximate surface area is 147 Å². The van der Waals surface area contributed by atoms with Gasteiger partial charge in [0.05, 0.1) is 12.2 Å². The van der Waals surface area contributed by atoms with Crippen LogP contribution in [0.15, 0.2) is 12.1 Å². The fraction of sp³-hybridized carbons (Fsp3) is 0.579. The normalized spacial score (nSPS) is 24.8. The molecule has 1 aliphatic carbocycles. The fourth-order valence-electron chi connectivity index (χ4n) is 3.78. The Morgan fingerprint density at radius 3 is 2.20 bits per heavy atom. The SMILES string of the molecule is Cc1cc(C)c(CC(=O)C2CCC3OCOC3C2)c(C)c1.O=C(O)O. The molecule has 0 bridgehead atoms. The number of fused-ring (bicyclic) bond motifs is 1. The summed E-state index contributed by atoms with van der Waals surface area (Å²) in [6.07, 6.45) is 1.79. The van der Waals surface area contributed by atoms with Crippen molar-refractivity contribution in [2.24, 2.45) is 5.92 Å². The summed E-state index contributed by atoms with van der Waals surface area (Å²) in [6, 6.07) is 4.33. The highest BCUT2D eigenvalue weighted by Gasteiger charge is 2.38. The van der Waals surface area contributed by atoms with Crippen LogP contribution in [0.5, 0.6) is 0 Å². The van der Waals surface area contributed by atoms with E-state index in [-0.39, 0.29) is 18.1 Å². The summed E-state index contributed by atoms with van der Waals surface area (Å²) in [4.78, 5) is 21.2. The number of aryl methyl sites for hydroxylation is 3. The van der Waals surface area contributed by atoms with Gasteiger partial charge in [-0.15, -0.1) is 0 Å². The Morgan fingerprint density at radius 1 is 1.04 bits per heavy atom. The Bertz CT molecular complexity index is 612. The summed E-state index contributed by atoms with van der Waals surface area (Å²) in [5.41, 5.74) is 4.93. The van der Waals surface area contributed by atoms with E-state index in [0.29, 0.717) is 19.0 Å². The first-order valence-electron chi connectivity index (χ1n) is 8.52. The van der Waals surface area contributed by atoms with Crippen molar-refractivity contribution in [2.75, 3.05) is 6.79 Å². The van der Waals surface area contributed by atoms with Gasteiger partial charge in [0.15, 0.2) is 0 Å². The molecule has 1 saturated heterocycles. The lowest BCUT2D eigenvalue weighted by Gasteiger charge is -2.28. The number of carbonyl (C=O) groups is 2. The smallest absolute Gasteiger partial charge is 0.450 e. The largest absolute Gasteiger partial charge is 0.503 e. The Kier molecular flexibility index (Phi) is 6.56. The standard InChI is InChI=1S/C18H24O3.CH2O3/c1-11-6-12(2)15(13(3)7-11)9-16(19)14-4-5-17-18(8-14)21-10-20-17;2-1(3)4/h6-7,14,17-18H,4-5,8-10H2,1-3H3;(H2,2,3,4). The van der Waals surface area contributed by atoms with Gasteiger partial charge in [0.2, 0.25) is 0 Å². The van der Waals surface area contributed by atoms with Gasteiger partial charge in [-0.3, -0.25) is 4.79 Å². The lowest BCUT2D eigenvalue weighted by Crippen LogP contribution is -2.35. The minimum atomic E-state index is -1.83. The molecular formula is C19H26O6. The van der Waals surface area contributed by atoms with Crippen LogP contribution in [0.1, 0.15) is 41.5 Å². The number of hydrogen-bond acceptors (Lipinski definition) is 4. The third-order valence-electron chi connectivity index (χ3n) is 4.94. The third-order valence-corrected chi connectivity index (χ3v) is 4.94. The zero-order valence-corrected chi connectivity index (χ0v) is 14.9. The van der Waals surface area contributed by atoms with Gasteiger partial charge >= 0.3 is 6.16 Å². The molecule has 1 saturated carbocycles. The molecule has 3 atom stereocenters. The Balaban J connectivity index is 0.000000511. The molecular weight excluding hydrogens is 324 g/mol. The molecule has 2 N–H and O–H groups in total. The molecule has 3 unspecified atom stereocenters. The molecule has 6 nitrogen and oxygen atoms in total. The molecule has 3 rings (SSSR count). The number of Topliss-reactive ketones (excluding diaryl/α,β-unsaturated/α-hetero) is 1. The van der Waals surface area contributed by atoms with E-state index in [9.17, 15) is 4.79 Å². The van der Waals surface area contributed by atoms with Gasteiger partial charge in [0.25, 0.3) is 0 Å². The van der Waals surface area contributed by atoms with Crippen molar-refractivity contribution in [3.05, 3.63) is 34.4 Å². The predicted octanol–water partition coefficient (Wildman–Crippen LogP) is 3.49. The van der Waals surface area contributed by atoms with Crippen molar-refractivity contribution in [1.29, 1.82) is 0 Å². The zero-order chi connectivity index (χ0) is 18.6. The quantitative estimate of drug-likeness (QED) is 0.867. The first-order valence-corrected chi connectivity index (χ1v) is 8.52. The van der Waals surface area contributed by atoms with E-state index in [1.165, 1.54) is 22.3 Å². The van der Waals surface area contributed by atoms with Crippen LogP contribution in [0.2, 0.25) is 0 Å². The third kappa shape index (κ3) is 5.28. The lowest BCUT2D eigenvalue weighted by molar-refractivity contribution is -0.124. The monoisotopic (exact) mass is 350 g/mol. The Hall–Kier alpha value is -1.92. The fourth-order valence-corrected chi connectivity index (χ4v) is 3.78. The van der Waals surface area contributed by atoms with Crippen molar-refractivity contribution in [3.8, 4) is 0 Å². The van der Waals surface area contributed by atoms with Crippen LogP contribution in [-0.2, 0) is 20.7 Å². The van der Waals surface area contributed by atoms with E-state index >= 15 is 0 Å². The maximum atomic E-state index is 12.6. The molecule has 0 spiro atoms. The maximum absolute atomic E-state index is 12.6. The lowest BCUT2D eigenvalue weighted by atomic mass is 9.80. The van der Waals surface area contributed by atoms with Crippen molar-refractivity contribution < 1.29 is 29.3 Å². The van der Waals surface area contributed by atoms with Gasteiger partial charge in [-0.25, -0.2) is 4.79 Å². The van der Waals surface area contributed by atoms with E-state index in [2.05, 4.69) is 32.9 Å².